The van der Waals surface area contributed by atoms with Gasteiger partial charge in [0.2, 0.25) is 0 Å². The van der Waals surface area contributed by atoms with Crippen molar-refractivity contribution in [1.82, 2.24) is 0 Å². The molecule has 3 N–H and O–H groups in total. The summed E-state index contributed by atoms with van der Waals surface area (Å²) in [5.74, 6) is -1.79. The average molecular weight is 364 g/mol. The SMILES string of the molecule is Cc1ccc(/C=C/C(=O)O[C@H](C)C(=O)Nc2sccc2C(N)=O)s1. The van der Waals surface area contributed by atoms with Crippen LogP contribution in [0.2, 0.25) is 0 Å². The number of carbonyl (C=O) groups is 3. The van der Waals surface area contributed by atoms with E-state index in [0.717, 1.165) is 9.75 Å². The number of anilines is 1. The Morgan fingerprint density at radius 1 is 1.29 bits per heavy atom. The molecule has 0 aromatic carbocycles. The van der Waals surface area contributed by atoms with Gasteiger partial charge in [0.25, 0.3) is 11.8 Å². The number of hydrogen-bond donors (Lipinski definition) is 2. The number of amides is 2. The van der Waals surface area contributed by atoms with Crippen molar-refractivity contribution < 1.29 is 19.1 Å². The Morgan fingerprint density at radius 3 is 2.67 bits per heavy atom. The first-order valence-corrected chi connectivity index (χ1v) is 8.69. The summed E-state index contributed by atoms with van der Waals surface area (Å²) in [6.07, 6.45) is 1.90. The van der Waals surface area contributed by atoms with Gasteiger partial charge in [-0.1, -0.05) is 0 Å². The molecule has 0 unspecified atom stereocenters. The largest absolute Gasteiger partial charge is 0.449 e. The molecule has 0 saturated carbocycles. The van der Waals surface area contributed by atoms with Crippen LogP contribution in [0, 0.1) is 6.92 Å². The predicted molar refractivity (Wildman–Crippen MR) is 95.1 cm³/mol. The molecule has 2 rings (SSSR count). The number of thiophene rings is 2. The molecule has 0 fully saturated rings. The van der Waals surface area contributed by atoms with Gasteiger partial charge in [0.1, 0.15) is 5.00 Å². The van der Waals surface area contributed by atoms with Crippen molar-refractivity contribution in [2.45, 2.75) is 20.0 Å². The number of rotatable bonds is 6. The van der Waals surface area contributed by atoms with Crippen molar-refractivity contribution in [3.63, 3.8) is 0 Å². The van der Waals surface area contributed by atoms with Crippen LogP contribution in [0.25, 0.3) is 6.08 Å². The van der Waals surface area contributed by atoms with Crippen LogP contribution in [0.5, 0.6) is 0 Å². The quantitative estimate of drug-likeness (QED) is 0.608. The van der Waals surface area contributed by atoms with Crippen molar-refractivity contribution in [3.05, 3.63) is 45.0 Å². The topological polar surface area (TPSA) is 98.5 Å². The van der Waals surface area contributed by atoms with Crippen LogP contribution in [0.1, 0.15) is 27.0 Å². The van der Waals surface area contributed by atoms with E-state index >= 15 is 0 Å². The van der Waals surface area contributed by atoms with Gasteiger partial charge < -0.3 is 15.8 Å². The third kappa shape index (κ3) is 4.77. The molecular weight excluding hydrogens is 348 g/mol. The number of nitrogens with two attached hydrogens (primary N) is 1. The number of carbonyl (C=O) groups excluding carboxylic acids is 3. The Hall–Kier alpha value is -2.45. The summed E-state index contributed by atoms with van der Waals surface area (Å²) < 4.78 is 5.05. The monoisotopic (exact) mass is 364 g/mol. The van der Waals surface area contributed by atoms with Crippen LogP contribution < -0.4 is 11.1 Å². The van der Waals surface area contributed by atoms with Gasteiger partial charge in [-0.05, 0) is 43.5 Å². The summed E-state index contributed by atoms with van der Waals surface area (Å²) in [6.45, 7) is 3.42. The van der Waals surface area contributed by atoms with Crippen LogP contribution >= 0.6 is 22.7 Å². The molecule has 6 nitrogen and oxygen atoms in total. The second kappa shape index (κ2) is 7.89. The van der Waals surface area contributed by atoms with E-state index < -0.39 is 23.9 Å². The zero-order chi connectivity index (χ0) is 17.7. The molecule has 8 heteroatoms. The van der Waals surface area contributed by atoms with Gasteiger partial charge in [0, 0.05) is 15.8 Å². The lowest BCUT2D eigenvalue weighted by Gasteiger charge is -2.12. The molecule has 2 aromatic heterocycles. The third-order valence-electron chi connectivity index (χ3n) is 2.97. The van der Waals surface area contributed by atoms with Gasteiger partial charge >= 0.3 is 5.97 Å². The number of primary amides is 1. The zero-order valence-electron chi connectivity index (χ0n) is 13.1. The van der Waals surface area contributed by atoms with Gasteiger partial charge in [-0.25, -0.2) is 4.79 Å². The van der Waals surface area contributed by atoms with Gasteiger partial charge in [-0.3, -0.25) is 9.59 Å². The molecule has 0 aliphatic heterocycles. The molecule has 0 saturated heterocycles. The summed E-state index contributed by atoms with van der Waals surface area (Å²) in [4.78, 5) is 37.1. The van der Waals surface area contributed by atoms with Crippen LogP contribution in [0.4, 0.5) is 5.00 Å². The molecule has 0 aliphatic rings. The van der Waals surface area contributed by atoms with E-state index in [0.29, 0.717) is 5.00 Å². The summed E-state index contributed by atoms with van der Waals surface area (Å²) in [5.41, 5.74) is 5.43. The Bertz CT molecular complexity index is 792. The molecule has 1 atom stereocenters. The van der Waals surface area contributed by atoms with E-state index in [2.05, 4.69) is 5.32 Å². The standard InChI is InChI=1S/C16H16N2O4S2/c1-9-3-4-11(24-9)5-6-13(19)22-10(2)15(21)18-16-12(14(17)20)7-8-23-16/h3-8,10H,1-2H3,(H2,17,20)(H,18,21)/b6-5+/t10-/m1/s1. The van der Waals surface area contributed by atoms with Crippen LogP contribution in [-0.4, -0.2) is 23.9 Å². The second-order valence-corrected chi connectivity index (χ2v) is 7.11. The minimum absolute atomic E-state index is 0.222. The Balaban J connectivity index is 1.91. The van der Waals surface area contributed by atoms with Crippen LogP contribution in [0.15, 0.2) is 29.7 Å². The minimum Gasteiger partial charge on any atom is -0.449 e. The third-order valence-corrected chi connectivity index (χ3v) is 4.77. The number of hydrogen-bond acceptors (Lipinski definition) is 6. The highest BCUT2D eigenvalue weighted by Gasteiger charge is 2.19. The molecule has 2 heterocycles. The van der Waals surface area contributed by atoms with Gasteiger partial charge in [0.05, 0.1) is 5.56 Å². The zero-order valence-corrected chi connectivity index (χ0v) is 14.7. The minimum atomic E-state index is -1.00. The molecule has 2 amide bonds. The first kappa shape index (κ1) is 17.9. The molecule has 0 bridgehead atoms. The van der Waals surface area contributed by atoms with E-state index in [1.165, 1.54) is 30.4 Å². The Morgan fingerprint density at radius 2 is 2.04 bits per heavy atom. The van der Waals surface area contributed by atoms with Gasteiger partial charge in [-0.2, -0.15) is 0 Å². The number of aryl methyl sites for hydroxylation is 1. The lowest BCUT2D eigenvalue weighted by molar-refractivity contribution is -0.148. The van der Waals surface area contributed by atoms with Crippen molar-refractivity contribution in [3.8, 4) is 0 Å². The van der Waals surface area contributed by atoms with E-state index in [4.69, 9.17) is 10.5 Å². The highest BCUT2D eigenvalue weighted by Crippen LogP contribution is 2.23. The molecular formula is C16H16N2O4S2. The number of ether oxygens (including phenoxy) is 1. The smallest absolute Gasteiger partial charge is 0.331 e. The molecule has 0 spiro atoms. The second-order valence-electron chi connectivity index (χ2n) is 4.88. The summed E-state index contributed by atoms with van der Waals surface area (Å²) >= 11 is 2.71. The van der Waals surface area contributed by atoms with Crippen molar-refractivity contribution in [1.29, 1.82) is 0 Å². The van der Waals surface area contributed by atoms with Crippen molar-refractivity contribution >= 4 is 51.5 Å². The Kier molecular flexibility index (Phi) is 5.88. The lowest BCUT2D eigenvalue weighted by Crippen LogP contribution is -2.29. The van der Waals surface area contributed by atoms with E-state index in [1.807, 2.05) is 19.1 Å². The first-order valence-electron chi connectivity index (χ1n) is 7.00. The van der Waals surface area contributed by atoms with Gasteiger partial charge in [-0.15, -0.1) is 22.7 Å². The lowest BCUT2D eigenvalue weighted by atomic mass is 10.3. The highest BCUT2D eigenvalue weighted by atomic mass is 32.1. The fourth-order valence-corrected chi connectivity index (χ4v) is 3.35. The van der Waals surface area contributed by atoms with Crippen LogP contribution in [-0.2, 0) is 14.3 Å². The maximum atomic E-state index is 12.0. The van der Waals surface area contributed by atoms with Crippen molar-refractivity contribution in [2.24, 2.45) is 5.73 Å². The van der Waals surface area contributed by atoms with E-state index in [-0.39, 0.29) is 5.56 Å². The molecule has 126 valence electrons. The van der Waals surface area contributed by atoms with Crippen LogP contribution in [0.3, 0.4) is 0 Å². The molecule has 24 heavy (non-hydrogen) atoms. The fourth-order valence-electron chi connectivity index (χ4n) is 1.77. The van der Waals surface area contributed by atoms with E-state index in [1.54, 1.807) is 22.8 Å². The highest BCUT2D eigenvalue weighted by molar-refractivity contribution is 7.14. The number of nitrogens with one attached hydrogen (secondary N) is 1. The average Bonchev–Trinajstić information content (AvgIpc) is 3.14. The van der Waals surface area contributed by atoms with Crippen molar-refractivity contribution in [2.75, 3.05) is 5.32 Å². The first-order chi connectivity index (χ1) is 11.4. The van der Waals surface area contributed by atoms with Gasteiger partial charge in [0.15, 0.2) is 6.10 Å². The summed E-state index contributed by atoms with van der Waals surface area (Å²) in [6, 6.07) is 5.36. The maximum Gasteiger partial charge on any atom is 0.331 e. The molecule has 0 aliphatic carbocycles. The fraction of sp³-hybridized carbons (Fsp3) is 0.188. The molecule has 2 aromatic rings. The summed E-state index contributed by atoms with van der Waals surface area (Å²) in [7, 11) is 0. The number of esters is 1. The normalized spacial score (nSPS) is 12.1. The maximum absolute atomic E-state index is 12.0. The summed E-state index contributed by atoms with van der Waals surface area (Å²) in [5, 5.41) is 4.50. The molecule has 0 radical (unpaired) electrons. The van der Waals surface area contributed by atoms with E-state index in [9.17, 15) is 14.4 Å². The predicted octanol–water partition coefficient (Wildman–Crippen LogP) is 2.80. The Labute approximate surface area is 146 Å².